The molecule has 10 nitrogen and oxygen atoms in total. The van der Waals surface area contributed by atoms with Crippen molar-refractivity contribution >= 4 is 51.2 Å². The van der Waals surface area contributed by atoms with Crippen LogP contribution in [0.25, 0.3) is 11.4 Å². The smallest absolute Gasteiger partial charge is 0.0326 e. The van der Waals surface area contributed by atoms with E-state index in [1.807, 2.05) is 42.5 Å². The Morgan fingerprint density at radius 3 is 1.56 bits per heavy atom. The first-order chi connectivity index (χ1) is 32.4. The van der Waals surface area contributed by atoms with Gasteiger partial charge in [0.15, 0.2) is 0 Å². The molecule has 8 aromatic rings. The summed E-state index contributed by atoms with van der Waals surface area (Å²) < 4.78 is 6.01. The van der Waals surface area contributed by atoms with Gasteiger partial charge in [0, 0.05) is 92.3 Å². The van der Waals surface area contributed by atoms with E-state index in [2.05, 4.69) is 200 Å². The first-order valence-corrected chi connectivity index (χ1v) is 22.1. The molecule has 3 aliphatic heterocycles. The summed E-state index contributed by atoms with van der Waals surface area (Å²) in [5.74, 6) is 0.993. The number of benzene rings is 5. The fourth-order valence-corrected chi connectivity index (χ4v) is 8.22. The van der Waals surface area contributed by atoms with Crippen molar-refractivity contribution in [3.63, 3.8) is 0 Å². The van der Waals surface area contributed by atoms with Gasteiger partial charge in [0.05, 0.1) is 0 Å². The van der Waals surface area contributed by atoms with E-state index >= 15 is 0 Å². The predicted octanol–water partition coefficient (Wildman–Crippen LogP) is 12.5. The van der Waals surface area contributed by atoms with E-state index in [1.165, 1.54) is 22.7 Å². The molecule has 3 aromatic heterocycles. The number of fused-ring (bicyclic) bond motifs is 3. The molecule has 0 unspecified atom stereocenters. The second kappa shape index (κ2) is 21.6. The van der Waals surface area contributed by atoms with Gasteiger partial charge in [-0.15, -0.1) is 41.0 Å². The summed E-state index contributed by atoms with van der Waals surface area (Å²) in [6.07, 6.45) is 8.96. The summed E-state index contributed by atoms with van der Waals surface area (Å²) in [6.45, 7) is 15.0. The molecular formula is C56H47IrN9OPt-8. The van der Waals surface area contributed by atoms with E-state index in [9.17, 15) is 0 Å². The number of unbranched alkanes of at least 4 members (excludes halogenated alkanes) is 1. The van der Waals surface area contributed by atoms with Crippen LogP contribution in [0.4, 0.5) is 51.2 Å². The van der Waals surface area contributed by atoms with Crippen molar-refractivity contribution in [3.8, 4) is 22.9 Å². The number of hydrogen-bond acceptors (Lipinski definition) is 10. The number of rotatable bonds is 11. The standard InChI is InChI=1S/C30H26N4.C26H21N5O.Ir.Pt/c1-3-13-25(14-4-1)33-23-31(27-17-7-9-19-29(27)33)21-11-12-22-32-24-34(26-15-5-2-6-16-26)30-20-10-8-18-28(30)32;1-26(2,3)31-18-30(24-9-4-5-10-25(24)31)19-14-21(17-27-16-19)32-20-11-13-29-23(15-20)22-8-6-7-12-28-22;;/h1-10,13,15,17-20,23-24H,11-12,21-22H2;4-7,9-13,16-18H,1-3H3;;/q2*-4;;. The Hall–Kier alpha value is -6.51. The molecule has 0 saturated carbocycles. The second-order valence-electron chi connectivity index (χ2n) is 16.8. The van der Waals surface area contributed by atoms with Crippen LogP contribution in [0, 0.1) is 50.3 Å². The summed E-state index contributed by atoms with van der Waals surface area (Å²) in [5, 5.41) is 0. The summed E-state index contributed by atoms with van der Waals surface area (Å²) in [5.41, 5.74) is 11.2. The van der Waals surface area contributed by atoms with Gasteiger partial charge in [-0.3, -0.25) is 0 Å². The van der Waals surface area contributed by atoms with Gasteiger partial charge >= 0.3 is 0 Å². The third kappa shape index (κ3) is 10.5. The normalized spacial score (nSPS) is 13.5. The Morgan fingerprint density at radius 1 is 0.500 bits per heavy atom. The molecule has 1 radical (unpaired) electrons. The largest absolute Gasteiger partial charge is 0.509 e. The third-order valence-corrected chi connectivity index (χ3v) is 11.3. The molecule has 12 heteroatoms. The van der Waals surface area contributed by atoms with Crippen LogP contribution >= 0.6 is 0 Å². The number of pyridine rings is 3. The predicted molar refractivity (Wildman–Crippen MR) is 264 cm³/mol. The van der Waals surface area contributed by atoms with Crippen molar-refractivity contribution in [1.29, 1.82) is 0 Å². The number of para-hydroxylation sites is 8. The van der Waals surface area contributed by atoms with E-state index < -0.39 is 0 Å². The quantitative estimate of drug-likeness (QED) is 0.0924. The van der Waals surface area contributed by atoms with Gasteiger partial charge in [0.1, 0.15) is 0 Å². The number of hydrogen-bond donors (Lipinski definition) is 0. The van der Waals surface area contributed by atoms with Crippen LogP contribution in [0.1, 0.15) is 33.6 Å². The molecule has 6 heterocycles. The molecule has 0 N–H and O–H groups in total. The maximum Gasteiger partial charge on any atom is 0.0326 e. The molecule has 5 aromatic carbocycles. The average molecular weight is 1250 g/mol. The Balaban J connectivity index is 0.000000179. The van der Waals surface area contributed by atoms with Crippen molar-refractivity contribution in [3.05, 3.63) is 215 Å². The molecule has 0 saturated heterocycles. The zero-order chi connectivity index (χ0) is 44.9. The maximum absolute atomic E-state index is 6.01. The second-order valence-corrected chi connectivity index (χ2v) is 16.8. The van der Waals surface area contributed by atoms with E-state index in [0.717, 1.165) is 54.4 Å². The van der Waals surface area contributed by atoms with Crippen LogP contribution in [-0.2, 0) is 41.2 Å². The number of anilines is 9. The SMILES string of the molecule is CC(C)(C)N1[CH-]N(c2[c-]c(Oc3[c-]c(-c4[c-]cccn4)ncc3)cnc2)c2ccccc21.[Ir].[Pt].[c-]1ccccc1N1[CH-]N(CCCCN2[CH-]N(c3[c-]cccc3)c3ccccc32)c2ccccc21. The molecular weight excluding hydrogens is 1200 g/mol. The minimum atomic E-state index is -0.0721. The van der Waals surface area contributed by atoms with Gasteiger partial charge < -0.3 is 49.1 Å². The number of nitrogens with zero attached hydrogens (tertiary/aromatic N) is 9. The van der Waals surface area contributed by atoms with Crippen molar-refractivity contribution in [2.75, 3.05) is 42.5 Å². The Kier molecular flexibility index (Phi) is 15.3. The van der Waals surface area contributed by atoms with E-state index in [-0.39, 0.29) is 46.7 Å². The fourth-order valence-electron chi connectivity index (χ4n) is 8.22. The third-order valence-electron chi connectivity index (χ3n) is 11.3. The van der Waals surface area contributed by atoms with Gasteiger partial charge in [-0.1, -0.05) is 48.3 Å². The van der Waals surface area contributed by atoms with E-state index in [0.29, 0.717) is 22.9 Å². The molecule has 0 fully saturated rings. The molecule has 0 spiro atoms. The van der Waals surface area contributed by atoms with Gasteiger partial charge in [-0.25, -0.2) is 6.07 Å². The maximum atomic E-state index is 6.01. The number of ether oxygens (including phenoxy) is 1. The number of aromatic nitrogens is 3. The zero-order valence-electron chi connectivity index (χ0n) is 37.7. The molecule has 68 heavy (non-hydrogen) atoms. The van der Waals surface area contributed by atoms with Crippen LogP contribution in [0.3, 0.4) is 0 Å². The molecule has 11 rings (SSSR count). The summed E-state index contributed by atoms with van der Waals surface area (Å²) >= 11 is 0. The van der Waals surface area contributed by atoms with Gasteiger partial charge in [-0.05, 0) is 102 Å². The molecule has 0 amide bonds. The molecule has 3 aliphatic rings. The van der Waals surface area contributed by atoms with Crippen LogP contribution in [-0.4, -0.2) is 33.6 Å². The summed E-state index contributed by atoms with van der Waals surface area (Å²) in [4.78, 5) is 26.5. The van der Waals surface area contributed by atoms with E-state index in [1.54, 1.807) is 36.9 Å². The van der Waals surface area contributed by atoms with Crippen LogP contribution in [0.2, 0.25) is 0 Å². The topological polar surface area (TPSA) is 67.3 Å². The van der Waals surface area contributed by atoms with Crippen molar-refractivity contribution in [2.45, 2.75) is 39.2 Å². The van der Waals surface area contributed by atoms with Gasteiger partial charge in [0.2, 0.25) is 0 Å². The van der Waals surface area contributed by atoms with Gasteiger partial charge in [0.25, 0.3) is 0 Å². The van der Waals surface area contributed by atoms with Crippen molar-refractivity contribution in [2.24, 2.45) is 0 Å². The van der Waals surface area contributed by atoms with Crippen molar-refractivity contribution in [1.82, 2.24) is 15.0 Å². The Bertz CT molecular complexity index is 2790. The first-order valence-electron chi connectivity index (χ1n) is 22.1. The van der Waals surface area contributed by atoms with Crippen LogP contribution in [0.15, 0.2) is 164 Å². The molecule has 0 atom stereocenters. The molecule has 349 valence electrons. The first kappa shape index (κ1) is 48.0. The van der Waals surface area contributed by atoms with Crippen molar-refractivity contribution < 1.29 is 45.9 Å². The van der Waals surface area contributed by atoms with Crippen LogP contribution in [0.5, 0.6) is 11.5 Å². The van der Waals surface area contributed by atoms with Gasteiger partial charge in [-0.2, -0.15) is 92.8 Å². The summed E-state index contributed by atoms with van der Waals surface area (Å²) in [7, 11) is 0. The fraction of sp³-hybridized carbons (Fsp3) is 0.143. The van der Waals surface area contributed by atoms with Crippen LogP contribution < -0.4 is 34.1 Å². The minimum Gasteiger partial charge on any atom is -0.509 e. The monoisotopic (exact) mass is 1250 g/mol. The Labute approximate surface area is 428 Å². The minimum absolute atomic E-state index is 0. The summed E-state index contributed by atoms with van der Waals surface area (Å²) in [6, 6.07) is 63.3. The van der Waals surface area contributed by atoms with E-state index in [4.69, 9.17) is 4.74 Å². The molecule has 0 bridgehead atoms. The molecule has 0 aliphatic carbocycles. The zero-order valence-corrected chi connectivity index (χ0v) is 42.4. The average Bonchev–Trinajstić information content (AvgIpc) is 4.07. The Morgan fingerprint density at radius 2 is 1.01 bits per heavy atom.